The molecule has 41 heavy (non-hydrogen) atoms. The van der Waals surface area contributed by atoms with Crippen LogP contribution in [0.5, 0.6) is 0 Å². The summed E-state index contributed by atoms with van der Waals surface area (Å²) in [6.45, 7) is 3.64. The van der Waals surface area contributed by atoms with E-state index in [1.807, 2.05) is 67.6 Å². The molecule has 2 aromatic heterocycles. The minimum atomic E-state index is -0.617. The minimum Gasteiger partial charge on any atom is -0.379 e. The highest BCUT2D eigenvalue weighted by Crippen LogP contribution is 2.19. The summed E-state index contributed by atoms with van der Waals surface area (Å²) in [6.07, 6.45) is 3.22. The first-order chi connectivity index (χ1) is 19.8. The summed E-state index contributed by atoms with van der Waals surface area (Å²) < 4.78 is 0. The molecule has 0 saturated carbocycles. The van der Waals surface area contributed by atoms with E-state index in [0.717, 1.165) is 53.1 Å². The third kappa shape index (κ3) is 10.1. The Kier molecular flexibility index (Phi) is 11.0. The standard InChI is InChI=1S/C30H35N7O3S/c1-20(31-21(2)38)24-12-8-11-23(17-24)19-27(39)32-26-16-15-25(34-35-26)13-6-7-14-29-36-37-30(41-29)33-28(40)18-22-9-4-3-5-10-22/h3-5,8-12,15-17,20-21,31,38H,6-7,13-14,18-19H2,1-2H3,(H,32,35,39)(H,33,37,40). The molecule has 0 aliphatic carbocycles. The number of rotatable bonds is 14. The lowest BCUT2D eigenvalue weighted by Crippen LogP contribution is -2.28. The Bertz CT molecular complexity index is 1410. The van der Waals surface area contributed by atoms with Crippen LogP contribution in [0, 0.1) is 0 Å². The maximum Gasteiger partial charge on any atom is 0.230 e. The van der Waals surface area contributed by atoms with Crippen molar-refractivity contribution in [2.75, 3.05) is 10.6 Å². The zero-order valence-electron chi connectivity index (χ0n) is 23.2. The molecule has 4 N–H and O–H groups in total. The number of nitrogens with zero attached hydrogens (tertiary/aromatic N) is 4. The molecule has 4 rings (SSSR count). The summed E-state index contributed by atoms with van der Waals surface area (Å²) >= 11 is 1.39. The van der Waals surface area contributed by atoms with E-state index in [0.29, 0.717) is 17.4 Å². The second kappa shape index (κ2) is 15.1. The fourth-order valence-corrected chi connectivity index (χ4v) is 5.09. The van der Waals surface area contributed by atoms with Gasteiger partial charge in [0, 0.05) is 12.5 Å². The second-order valence-corrected chi connectivity index (χ2v) is 10.9. The van der Waals surface area contributed by atoms with E-state index in [9.17, 15) is 14.7 Å². The number of unbranched alkanes of at least 4 members (excludes halogenated alkanes) is 1. The molecule has 2 unspecified atom stereocenters. The molecule has 2 atom stereocenters. The number of aliphatic hydroxyl groups is 1. The van der Waals surface area contributed by atoms with E-state index in [4.69, 9.17) is 0 Å². The van der Waals surface area contributed by atoms with Crippen LogP contribution in [-0.2, 0) is 35.3 Å². The monoisotopic (exact) mass is 573 g/mol. The van der Waals surface area contributed by atoms with E-state index in [1.165, 1.54) is 11.3 Å². The number of amides is 2. The summed E-state index contributed by atoms with van der Waals surface area (Å²) in [5, 5.41) is 36.3. The average molecular weight is 574 g/mol. The van der Waals surface area contributed by atoms with Crippen LogP contribution >= 0.6 is 11.3 Å². The first-order valence-electron chi connectivity index (χ1n) is 13.7. The molecular weight excluding hydrogens is 538 g/mol. The van der Waals surface area contributed by atoms with Crippen LogP contribution in [0.15, 0.2) is 66.7 Å². The fraction of sp³-hybridized carbons (Fsp3) is 0.333. The Balaban J connectivity index is 1.16. The maximum absolute atomic E-state index is 12.5. The molecule has 0 bridgehead atoms. The molecule has 10 nitrogen and oxygen atoms in total. The van der Waals surface area contributed by atoms with Gasteiger partial charge in [-0.2, -0.15) is 5.10 Å². The smallest absolute Gasteiger partial charge is 0.230 e. The highest BCUT2D eigenvalue weighted by atomic mass is 32.1. The molecule has 0 spiro atoms. The van der Waals surface area contributed by atoms with Crippen LogP contribution in [0.1, 0.15) is 60.1 Å². The predicted molar refractivity (Wildman–Crippen MR) is 159 cm³/mol. The number of hydrogen-bond acceptors (Lipinski definition) is 9. The summed E-state index contributed by atoms with van der Waals surface area (Å²) in [5.74, 6) is 0.130. The quantitative estimate of drug-likeness (QED) is 0.130. The Hall–Kier alpha value is -4.06. The van der Waals surface area contributed by atoms with Gasteiger partial charge in [-0.05, 0) is 61.9 Å². The van der Waals surface area contributed by atoms with Crippen molar-refractivity contribution in [3.8, 4) is 0 Å². The molecule has 2 aromatic carbocycles. The van der Waals surface area contributed by atoms with Crippen LogP contribution in [0.4, 0.5) is 10.9 Å². The van der Waals surface area contributed by atoms with Gasteiger partial charge in [0.05, 0.1) is 18.5 Å². The molecular formula is C30H35N7O3S. The van der Waals surface area contributed by atoms with E-state index in [1.54, 1.807) is 13.0 Å². The van der Waals surface area contributed by atoms with Gasteiger partial charge in [-0.3, -0.25) is 14.9 Å². The molecule has 11 heteroatoms. The number of aliphatic hydroxyl groups excluding tert-OH is 1. The molecule has 2 amide bonds. The van der Waals surface area contributed by atoms with Crippen molar-refractivity contribution in [2.24, 2.45) is 0 Å². The Morgan fingerprint density at radius 2 is 1.54 bits per heavy atom. The SMILES string of the molecule is CC(O)NC(C)c1cccc(CC(=O)Nc2ccc(CCCCc3nnc(NC(=O)Cc4ccccc4)s3)nn2)c1. The number of hydrogen-bond donors (Lipinski definition) is 4. The van der Waals surface area contributed by atoms with Crippen LogP contribution in [-0.4, -0.2) is 43.5 Å². The molecule has 0 fully saturated rings. The number of benzene rings is 2. The predicted octanol–water partition coefficient (Wildman–Crippen LogP) is 4.24. The highest BCUT2D eigenvalue weighted by Gasteiger charge is 2.12. The lowest BCUT2D eigenvalue weighted by atomic mass is 10.0. The molecule has 0 saturated heterocycles. The number of carbonyl (C=O) groups excluding carboxylic acids is 2. The number of nitrogens with one attached hydrogen (secondary N) is 3. The highest BCUT2D eigenvalue weighted by molar-refractivity contribution is 7.15. The molecule has 4 aromatic rings. The van der Waals surface area contributed by atoms with Crippen molar-refractivity contribution in [3.63, 3.8) is 0 Å². The summed E-state index contributed by atoms with van der Waals surface area (Å²) in [5.41, 5.74) is 3.67. The second-order valence-electron chi connectivity index (χ2n) is 9.86. The number of anilines is 2. The van der Waals surface area contributed by atoms with E-state index in [-0.39, 0.29) is 24.3 Å². The molecule has 0 aliphatic rings. The van der Waals surface area contributed by atoms with Crippen LogP contribution in [0.2, 0.25) is 0 Å². The van der Waals surface area contributed by atoms with Crippen molar-refractivity contribution >= 4 is 34.1 Å². The van der Waals surface area contributed by atoms with E-state index < -0.39 is 6.23 Å². The Morgan fingerprint density at radius 3 is 2.29 bits per heavy atom. The summed E-state index contributed by atoms with van der Waals surface area (Å²) in [7, 11) is 0. The lowest BCUT2D eigenvalue weighted by Gasteiger charge is -2.17. The van der Waals surface area contributed by atoms with Crippen LogP contribution < -0.4 is 16.0 Å². The van der Waals surface area contributed by atoms with Crippen molar-refractivity contribution in [2.45, 2.75) is 64.6 Å². The average Bonchev–Trinajstić information content (AvgIpc) is 3.39. The normalized spacial score (nSPS) is 12.5. The van der Waals surface area contributed by atoms with Gasteiger partial charge in [-0.25, -0.2) is 0 Å². The van der Waals surface area contributed by atoms with E-state index in [2.05, 4.69) is 36.3 Å². The Labute approximate surface area is 243 Å². The number of aromatic nitrogens is 4. The van der Waals surface area contributed by atoms with Gasteiger partial charge < -0.3 is 15.7 Å². The molecule has 214 valence electrons. The zero-order chi connectivity index (χ0) is 29.0. The first kappa shape index (κ1) is 29.9. The first-order valence-corrected chi connectivity index (χ1v) is 14.5. The minimum absolute atomic E-state index is 0.0371. The van der Waals surface area contributed by atoms with Crippen molar-refractivity contribution in [1.82, 2.24) is 25.7 Å². The topological polar surface area (TPSA) is 142 Å². The number of aryl methyl sites for hydroxylation is 2. The fourth-order valence-electron chi connectivity index (χ4n) is 4.29. The zero-order valence-corrected chi connectivity index (χ0v) is 24.0. The van der Waals surface area contributed by atoms with Gasteiger partial charge in [0.1, 0.15) is 11.2 Å². The van der Waals surface area contributed by atoms with E-state index >= 15 is 0 Å². The third-order valence-electron chi connectivity index (χ3n) is 6.29. The molecule has 0 aliphatic heterocycles. The largest absolute Gasteiger partial charge is 0.379 e. The maximum atomic E-state index is 12.5. The van der Waals surface area contributed by atoms with Gasteiger partial charge in [0.2, 0.25) is 16.9 Å². The van der Waals surface area contributed by atoms with Crippen molar-refractivity contribution < 1.29 is 14.7 Å². The lowest BCUT2D eigenvalue weighted by molar-refractivity contribution is -0.116. The summed E-state index contributed by atoms with van der Waals surface area (Å²) in [4.78, 5) is 24.8. The van der Waals surface area contributed by atoms with Gasteiger partial charge in [-0.1, -0.05) is 65.9 Å². The summed E-state index contributed by atoms with van der Waals surface area (Å²) in [6, 6.07) is 20.9. The Morgan fingerprint density at radius 1 is 0.805 bits per heavy atom. The van der Waals surface area contributed by atoms with Gasteiger partial charge in [0.25, 0.3) is 0 Å². The molecule has 2 heterocycles. The van der Waals surface area contributed by atoms with Gasteiger partial charge >= 0.3 is 0 Å². The van der Waals surface area contributed by atoms with Gasteiger partial charge in [0.15, 0.2) is 5.82 Å². The van der Waals surface area contributed by atoms with Crippen molar-refractivity contribution in [1.29, 1.82) is 0 Å². The van der Waals surface area contributed by atoms with Crippen LogP contribution in [0.25, 0.3) is 0 Å². The van der Waals surface area contributed by atoms with Crippen LogP contribution in [0.3, 0.4) is 0 Å². The number of carbonyl (C=O) groups is 2. The van der Waals surface area contributed by atoms with Crippen molar-refractivity contribution in [3.05, 3.63) is 94.1 Å². The molecule has 0 radical (unpaired) electrons. The third-order valence-corrected chi connectivity index (χ3v) is 7.19. The van der Waals surface area contributed by atoms with Gasteiger partial charge in [-0.15, -0.1) is 15.3 Å².